The molecule has 0 aliphatic rings. The Balaban J connectivity index is 1.76. The summed E-state index contributed by atoms with van der Waals surface area (Å²) in [5.74, 6) is -0.116. The van der Waals surface area contributed by atoms with E-state index >= 15 is 0 Å². The minimum atomic E-state index is -0.116. The van der Waals surface area contributed by atoms with Crippen molar-refractivity contribution in [3.8, 4) is 0 Å². The molecule has 1 amide bonds. The van der Waals surface area contributed by atoms with Gasteiger partial charge in [-0.1, -0.05) is 53.3 Å². The van der Waals surface area contributed by atoms with Crippen LogP contribution in [-0.2, 0) is 0 Å². The third-order valence-electron chi connectivity index (χ3n) is 4.14. The van der Waals surface area contributed by atoms with Gasteiger partial charge in [-0.25, -0.2) is 4.98 Å². The summed E-state index contributed by atoms with van der Waals surface area (Å²) in [5.41, 5.74) is 2.77. The predicted octanol–water partition coefficient (Wildman–Crippen LogP) is 5.36. The molecule has 134 valence electrons. The van der Waals surface area contributed by atoms with Gasteiger partial charge in [-0.2, -0.15) is 0 Å². The van der Waals surface area contributed by atoms with E-state index in [1.807, 2.05) is 80.4 Å². The number of carbonyl (C=O) groups excluding carboxylic acids is 1. The number of hydrogen-bond acceptors (Lipinski definition) is 4. The number of amides is 1. The molecule has 1 heterocycles. The van der Waals surface area contributed by atoms with Crippen LogP contribution in [0.3, 0.4) is 0 Å². The van der Waals surface area contributed by atoms with Crippen molar-refractivity contribution in [2.45, 2.75) is 19.9 Å². The third-order valence-corrected chi connectivity index (χ3v) is 5.62. The zero-order chi connectivity index (χ0) is 18.7. The Morgan fingerprint density at radius 2 is 1.81 bits per heavy atom. The lowest BCUT2D eigenvalue weighted by Gasteiger charge is -2.15. The summed E-state index contributed by atoms with van der Waals surface area (Å²) in [6, 6.07) is 17.3. The molecule has 0 aliphatic carbocycles. The van der Waals surface area contributed by atoms with E-state index < -0.39 is 0 Å². The van der Waals surface area contributed by atoms with E-state index in [4.69, 9.17) is 11.6 Å². The van der Waals surface area contributed by atoms with Crippen LogP contribution in [0.25, 0.3) is 0 Å². The van der Waals surface area contributed by atoms with E-state index in [1.165, 1.54) is 11.3 Å². The topological polar surface area (TPSA) is 45.2 Å². The molecule has 0 fully saturated rings. The Kier molecular flexibility index (Phi) is 5.59. The quantitative estimate of drug-likeness (QED) is 0.642. The molecule has 3 rings (SSSR count). The van der Waals surface area contributed by atoms with Crippen molar-refractivity contribution >= 4 is 39.7 Å². The van der Waals surface area contributed by atoms with Gasteiger partial charge >= 0.3 is 0 Å². The molecule has 6 heteroatoms. The Labute approximate surface area is 162 Å². The molecule has 2 aromatic carbocycles. The van der Waals surface area contributed by atoms with Gasteiger partial charge in [-0.15, -0.1) is 0 Å². The minimum Gasteiger partial charge on any atom is -0.345 e. The molecule has 26 heavy (non-hydrogen) atoms. The molecule has 4 nitrogen and oxygen atoms in total. The molecule has 1 aromatic heterocycles. The van der Waals surface area contributed by atoms with E-state index in [0.29, 0.717) is 9.90 Å². The van der Waals surface area contributed by atoms with Crippen molar-refractivity contribution in [1.29, 1.82) is 0 Å². The van der Waals surface area contributed by atoms with Gasteiger partial charge < -0.3 is 10.2 Å². The molecule has 0 unspecified atom stereocenters. The number of aryl methyl sites for hydroxylation is 1. The minimum absolute atomic E-state index is 0.114. The fraction of sp³-hybridized carbons (Fsp3) is 0.200. The smallest absolute Gasteiger partial charge is 0.263 e. The van der Waals surface area contributed by atoms with Crippen molar-refractivity contribution in [3.63, 3.8) is 0 Å². The third kappa shape index (κ3) is 4.06. The van der Waals surface area contributed by atoms with Crippen molar-refractivity contribution in [1.82, 2.24) is 10.3 Å². The average molecular weight is 386 g/mol. The van der Waals surface area contributed by atoms with Gasteiger partial charge in [-0.3, -0.25) is 4.79 Å². The molecule has 3 aromatic rings. The number of aromatic nitrogens is 1. The number of hydrogen-bond donors (Lipinski definition) is 1. The molecule has 0 radical (unpaired) electrons. The van der Waals surface area contributed by atoms with Gasteiger partial charge in [0, 0.05) is 17.8 Å². The van der Waals surface area contributed by atoms with Gasteiger partial charge in [0.15, 0.2) is 5.13 Å². The summed E-state index contributed by atoms with van der Waals surface area (Å²) >= 11 is 7.31. The number of thiazole rings is 1. The summed E-state index contributed by atoms with van der Waals surface area (Å²) in [5, 5.41) is 4.50. The van der Waals surface area contributed by atoms with E-state index in [9.17, 15) is 4.79 Å². The van der Waals surface area contributed by atoms with E-state index in [0.717, 1.165) is 22.1 Å². The highest BCUT2D eigenvalue weighted by Crippen LogP contribution is 2.30. The number of nitrogens with zero attached hydrogens (tertiary/aromatic N) is 2. The van der Waals surface area contributed by atoms with Gasteiger partial charge in [0.1, 0.15) is 4.88 Å². The first kappa shape index (κ1) is 18.4. The van der Waals surface area contributed by atoms with Crippen LogP contribution in [0.5, 0.6) is 0 Å². The van der Waals surface area contributed by atoms with Crippen LogP contribution in [0.4, 0.5) is 10.8 Å². The molecule has 1 atom stereocenters. The maximum atomic E-state index is 12.7. The van der Waals surface area contributed by atoms with Crippen LogP contribution in [0.15, 0.2) is 54.6 Å². The summed E-state index contributed by atoms with van der Waals surface area (Å²) < 4.78 is 0. The molecule has 0 bridgehead atoms. The van der Waals surface area contributed by atoms with Gasteiger partial charge in [0.05, 0.1) is 11.7 Å². The number of carbonyl (C=O) groups is 1. The van der Waals surface area contributed by atoms with Crippen molar-refractivity contribution in [2.75, 3.05) is 11.9 Å². The van der Waals surface area contributed by atoms with Gasteiger partial charge in [0.2, 0.25) is 0 Å². The Morgan fingerprint density at radius 3 is 2.46 bits per heavy atom. The number of halogens is 1. The molecular formula is C20H20ClN3OS. The maximum Gasteiger partial charge on any atom is 0.263 e. The summed E-state index contributed by atoms with van der Waals surface area (Å²) in [4.78, 5) is 19.9. The highest BCUT2D eigenvalue weighted by molar-refractivity contribution is 7.17. The molecule has 0 spiro atoms. The average Bonchev–Trinajstić information content (AvgIpc) is 3.04. The van der Waals surface area contributed by atoms with E-state index in [2.05, 4.69) is 10.3 Å². The van der Waals surface area contributed by atoms with Gasteiger partial charge in [0.25, 0.3) is 5.91 Å². The maximum absolute atomic E-state index is 12.7. The number of para-hydroxylation sites is 1. The highest BCUT2D eigenvalue weighted by atomic mass is 35.5. The number of rotatable bonds is 5. The second-order valence-corrected chi connectivity index (χ2v) is 7.47. The lowest BCUT2D eigenvalue weighted by atomic mass is 10.1. The zero-order valence-corrected chi connectivity index (χ0v) is 16.4. The lowest BCUT2D eigenvalue weighted by molar-refractivity contribution is 0.0943. The summed E-state index contributed by atoms with van der Waals surface area (Å²) in [6.07, 6.45) is 0. The van der Waals surface area contributed by atoms with E-state index in [1.54, 1.807) is 0 Å². The molecular weight excluding hydrogens is 366 g/mol. The monoisotopic (exact) mass is 385 g/mol. The van der Waals surface area contributed by atoms with Crippen molar-refractivity contribution in [3.05, 3.63) is 75.8 Å². The Morgan fingerprint density at radius 1 is 1.15 bits per heavy atom. The Bertz CT molecular complexity index is 893. The molecule has 0 saturated carbocycles. The number of nitrogens with one attached hydrogen (secondary N) is 1. The first-order chi connectivity index (χ1) is 12.5. The number of anilines is 2. The first-order valence-electron chi connectivity index (χ1n) is 8.28. The standard InChI is InChI=1S/C20H20ClN3OS/c1-13(15-9-11-16(21)12-10-15)22-19(25)18-14(2)23-20(26-18)24(3)17-7-5-4-6-8-17/h4-13H,1-3H3,(H,22,25)/t13-/m1/s1. The zero-order valence-electron chi connectivity index (χ0n) is 14.9. The highest BCUT2D eigenvalue weighted by Gasteiger charge is 2.19. The summed E-state index contributed by atoms with van der Waals surface area (Å²) in [6.45, 7) is 3.81. The SMILES string of the molecule is Cc1nc(N(C)c2ccccc2)sc1C(=O)N[C@H](C)c1ccc(Cl)cc1. The number of benzene rings is 2. The van der Waals surface area contributed by atoms with Crippen LogP contribution in [0, 0.1) is 6.92 Å². The van der Waals surface area contributed by atoms with Gasteiger partial charge in [-0.05, 0) is 43.7 Å². The second kappa shape index (κ2) is 7.89. The molecule has 0 aliphatic heterocycles. The van der Waals surface area contributed by atoms with Crippen LogP contribution in [0.1, 0.15) is 33.9 Å². The normalized spacial score (nSPS) is 11.8. The predicted molar refractivity (Wildman–Crippen MR) is 109 cm³/mol. The fourth-order valence-electron chi connectivity index (χ4n) is 2.60. The molecule has 0 saturated heterocycles. The van der Waals surface area contributed by atoms with E-state index in [-0.39, 0.29) is 11.9 Å². The summed E-state index contributed by atoms with van der Waals surface area (Å²) in [7, 11) is 1.95. The molecule has 1 N–H and O–H groups in total. The van der Waals surface area contributed by atoms with Crippen LogP contribution < -0.4 is 10.2 Å². The van der Waals surface area contributed by atoms with Crippen LogP contribution in [0.2, 0.25) is 5.02 Å². The lowest BCUT2D eigenvalue weighted by Crippen LogP contribution is -2.26. The Hall–Kier alpha value is -2.37. The fourth-order valence-corrected chi connectivity index (χ4v) is 3.67. The van der Waals surface area contributed by atoms with Crippen molar-refractivity contribution in [2.24, 2.45) is 0 Å². The van der Waals surface area contributed by atoms with Crippen LogP contribution >= 0.6 is 22.9 Å². The largest absolute Gasteiger partial charge is 0.345 e. The first-order valence-corrected chi connectivity index (χ1v) is 9.47. The van der Waals surface area contributed by atoms with Crippen molar-refractivity contribution < 1.29 is 4.79 Å². The van der Waals surface area contributed by atoms with Crippen LogP contribution in [-0.4, -0.2) is 17.9 Å². The second-order valence-electron chi connectivity index (χ2n) is 6.05.